The Morgan fingerprint density at radius 3 is 1.80 bits per heavy atom. The van der Waals surface area contributed by atoms with Gasteiger partial charge in [0.15, 0.2) is 0 Å². The molecule has 5 heteroatoms. The molecular formula is C15H15ClN2O2. The van der Waals surface area contributed by atoms with Crippen LogP contribution in [0.25, 0.3) is 0 Å². The van der Waals surface area contributed by atoms with Gasteiger partial charge in [0.25, 0.3) is 0 Å². The van der Waals surface area contributed by atoms with Crippen LogP contribution in [-0.4, -0.2) is 19.0 Å². The Labute approximate surface area is 122 Å². The number of nitrogens with one attached hydrogen (secondary N) is 1. The lowest BCUT2D eigenvalue weighted by Crippen LogP contribution is -2.11. The molecule has 0 amide bonds. The van der Waals surface area contributed by atoms with E-state index in [1.165, 1.54) is 0 Å². The lowest BCUT2D eigenvalue weighted by atomic mass is 10.2. The van der Waals surface area contributed by atoms with Gasteiger partial charge in [0.05, 0.1) is 0 Å². The Morgan fingerprint density at radius 1 is 0.900 bits per heavy atom. The minimum absolute atomic E-state index is 0.0441. The van der Waals surface area contributed by atoms with Gasteiger partial charge in [-0.1, -0.05) is 11.6 Å². The Morgan fingerprint density at radius 2 is 1.35 bits per heavy atom. The van der Waals surface area contributed by atoms with E-state index in [4.69, 9.17) is 32.2 Å². The molecule has 0 spiro atoms. The largest absolute Gasteiger partial charge is 0.490 e. The van der Waals surface area contributed by atoms with Crippen LogP contribution in [0.4, 0.5) is 0 Å². The van der Waals surface area contributed by atoms with Crippen LogP contribution in [0.2, 0.25) is 5.02 Å². The zero-order valence-corrected chi connectivity index (χ0v) is 11.6. The van der Waals surface area contributed by atoms with Crippen molar-refractivity contribution >= 4 is 17.4 Å². The molecule has 4 nitrogen and oxygen atoms in total. The lowest BCUT2D eigenvalue weighted by Gasteiger charge is -2.08. The van der Waals surface area contributed by atoms with Gasteiger partial charge in [0, 0.05) is 10.6 Å². The van der Waals surface area contributed by atoms with E-state index in [-0.39, 0.29) is 5.84 Å². The summed E-state index contributed by atoms with van der Waals surface area (Å²) in [5, 5.41) is 7.97. The smallest absolute Gasteiger partial charge is 0.122 e. The predicted octanol–water partition coefficient (Wildman–Crippen LogP) is 3.08. The van der Waals surface area contributed by atoms with E-state index < -0.39 is 0 Å². The third-order valence-electron chi connectivity index (χ3n) is 2.60. The number of amidine groups is 1. The van der Waals surface area contributed by atoms with Crippen LogP contribution in [0, 0.1) is 5.41 Å². The first-order valence-electron chi connectivity index (χ1n) is 6.11. The van der Waals surface area contributed by atoms with Crippen molar-refractivity contribution in [1.82, 2.24) is 0 Å². The Bertz CT molecular complexity index is 567. The van der Waals surface area contributed by atoms with Gasteiger partial charge >= 0.3 is 0 Å². The highest BCUT2D eigenvalue weighted by Gasteiger charge is 1.98. The number of hydrogen-bond donors (Lipinski definition) is 2. The van der Waals surface area contributed by atoms with Gasteiger partial charge in [-0.2, -0.15) is 0 Å². The summed E-state index contributed by atoms with van der Waals surface area (Å²) in [6.45, 7) is 0.873. The summed E-state index contributed by atoms with van der Waals surface area (Å²) in [5.74, 6) is 1.52. The predicted molar refractivity (Wildman–Crippen MR) is 79.9 cm³/mol. The molecule has 0 saturated heterocycles. The van der Waals surface area contributed by atoms with E-state index in [0.717, 1.165) is 11.5 Å². The van der Waals surface area contributed by atoms with Crippen LogP contribution in [0.3, 0.4) is 0 Å². The van der Waals surface area contributed by atoms with Crippen molar-refractivity contribution in [3.8, 4) is 11.5 Å². The number of halogens is 1. The normalized spacial score (nSPS) is 10.1. The Balaban J connectivity index is 1.75. The molecule has 2 rings (SSSR count). The number of benzene rings is 2. The molecule has 3 N–H and O–H groups in total. The van der Waals surface area contributed by atoms with Gasteiger partial charge in [-0.05, 0) is 48.5 Å². The van der Waals surface area contributed by atoms with E-state index in [2.05, 4.69) is 0 Å². The van der Waals surface area contributed by atoms with E-state index >= 15 is 0 Å². The topological polar surface area (TPSA) is 68.3 Å². The van der Waals surface area contributed by atoms with Gasteiger partial charge < -0.3 is 15.2 Å². The standard InChI is InChI=1S/C15H15ClN2O2/c16-12-3-7-14(8-4-12)20-10-9-19-13-5-1-11(2-6-13)15(17)18/h1-8H,9-10H2,(H3,17,18). The zero-order valence-electron chi connectivity index (χ0n) is 10.8. The summed E-state index contributed by atoms with van der Waals surface area (Å²) < 4.78 is 11.0. The van der Waals surface area contributed by atoms with E-state index in [1.807, 2.05) is 12.1 Å². The molecule has 0 aliphatic carbocycles. The molecule has 0 aliphatic heterocycles. The highest BCUT2D eigenvalue weighted by molar-refractivity contribution is 6.30. The first kappa shape index (κ1) is 14.2. The third-order valence-corrected chi connectivity index (χ3v) is 2.85. The second kappa shape index (κ2) is 6.82. The van der Waals surface area contributed by atoms with Crippen molar-refractivity contribution < 1.29 is 9.47 Å². The number of nitrogens with two attached hydrogens (primary N) is 1. The summed E-state index contributed by atoms with van der Waals surface area (Å²) >= 11 is 5.78. The first-order chi connectivity index (χ1) is 9.65. The second-order valence-electron chi connectivity index (χ2n) is 4.09. The molecule has 0 aliphatic rings. The molecule has 2 aromatic rings. The minimum atomic E-state index is 0.0441. The molecule has 0 fully saturated rings. The van der Waals surface area contributed by atoms with Gasteiger partial charge in [0.1, 0.15) is 30.5 Å². The summed E-state index contributed by atoms with van der Waals surface area (Å²) in [6, 6.07) is 14.2. The highest BCUT2D eigenvalue weighted by Crippen LogP contribution is 2.16. The fraction of sp³-hybridized carbons (Fsp3) is 0.133. The molecule has 0 bridgehead atoms. The average molecular weight is 291 g/mol. The number of hydrogen-bond acceptors (Lipinski definition) is 3. The fourth-order valence-corrected chi connectivity index (χ4v) is 1.71. The van der Waals surface area contributed by atoms with Crippen LogP contribution in [0.1, 0.15) is 5.56 Å². The summed E-state index contributed by atoms with van der Waals surface area (Å²) in [7, 11) is 0. The molecule has 0 unspecified atom stereocenters. The van der Waals surface area contributed by atoms with Crippen LogP contribution in [0.5, 0.6) is 11.5 Å². The molecule has 20 heavy (non-hydrogen) atoms. The van der Waals surface area contributed by atoms with Gasteiger partial charge in [-0.25, -0.2) is 0 Å². The summed E-state index contributed by atoms with van der Waals surface area (Å²) in [6.07, 6.45) is 0. The molecule has 104 valence electrons. The van der Waals surface area contributed by atoms with Gasteiger partial charge in [0.2, 0.25) is 0 Å². The molecular weight excluding hydrogens is 276 g/mol. The van der Waals surface area contributed by atoms with Crippen molar-refractivity contribution in [3.05, 3.63) is 59.1 Å². The molecule has 0 radical (unpaired) electrons. The van der Waals surface area contributed by atoms with Crippen molar-refractivity contribution in [2.75, 3.05) is 13.2 Å². The monoisotopic (exact) mass is 290 g/mol. The average Bonchev–Trinajstić information content (AvgIpc) is 2.46. The summed E-state index contributed by atoms with van der Waals surface area (Å²) in [5.41, 5.74) is 6.05. The quantitative estimate of drug-likeness (QED) is 0.488. The van der Waals surface area contributed by atoms with Crippen molar-refractivity contribution in [2.24, 2.45) is 5.73 Å². The van der Waals surface area contributed by atoms with Crippen LogP contribution < -0.4 is 15.2 Å². The highest BCUT2D eigenvalue weighted by atomic mass is 35.5. The van der Waals surface area contributed by atoms with Gasteiger partial charge in [-0.15, -0.1) is 0 Å². The maximum atomic E-state index is 7.29. The van der Waals surface area contributed by atoms with Crippen molar-refractivity contribution in [2.45, 2.75) is 0 Å². The first-order valence-corrected chi connectivity index (χ1v) is 6.48. The van der Waals surface area contributed by atoms with Crippen LogP contribution in [-0.2, 0) is 0 Å². The maximum Gasteiger partial charge on any atom is 0.122 e. The van der Waals surface area contributed by atoms with Crippen molar-refractivity contribution in [1.29, 1.82) is 5.41 Å². The number of ether oxygens (including phenoxy) is 2. The molecule has 0 heterocycles. The Hall–Kier alpha value is -2.20. The fourth-order valence-electron chi connectivity index (χ4n) is 1.58. The van der Waals surface area contributed by atoms with E-state index in [9.17, 15) is 0 Å². The SMILES string of the molecule is N=C(N)c1ccc(OCCOc2ccc(Cl)cc2)cc1. The number of nitrogen functional groups attached to an aromatic ring is 1. The van der Waals surface area contributed by atoms with Crippen molar-refractivity contribution in [3.63, 3.8) is 0 Å². The molecule has 0 saturated carbocycles. The minimum Gasteiger partial charge on any atom is -0.490 e. The van der Waals surface area contributed by atoms with Crippen LogP contribution in [0.15, 0.2) is 48.5 Å². The van der Waals surface area contributed by atoms with E-state index in [0.29, 0.717) is 23.8 Å². The zero-order chi connectivity index (χ0) is 14.4. The lowest BCUT2D eigenvalue weighted by molar-refractivity contribution is 0.217. The van der Waals surface area contributed by atoms with Crippen LogP contribution >= 0.6 is 11.6 Å². The molecule has 0 atom stereocenters. The maximum absolute atomic E-state index is 7.29. The Kier molecular flexibility index (Phi) is 4.85. The second-order valence-corrected chi connectivity index (χ2v) is 4.53. The van der Waals surface area contributed by atoms with E-state index in [1.54, 1.807) is 36.4 Å². The van der Waals surface area contributed by atoms with Gasteiger partial charge in [-0.3, -0.25) is 5.41 Å². The molecule has 2 aromatic carbocycles. The third kappa shape index (κ3) is 4.17. The summed E-state index contributed by atoms with van der Waals surface area (Å²) in [4.78, 5) is 0. The molecule has 0 aromatic heterocycles. The number of rotatable bonds is 6.